The van der Waals surface area contributed by atoms with Crippen molar-refractivity contribution in [3.63, 3.8) is 0 Å². The fourth-order valence-corrected chi connectivity index (χ4v) is 4.30. The van der Waals surface area contributed by atoms with Crippen LogP contribution in [0.3, 0.4) is 0 Å². The van der Waals surface area contributed by atoms with Crippen molar-refractivity contribution in [3.8, 4) is 0 Å². The highest BCUT2D eigenvalue weighted by molar-refractivity contribution is 5.80. The van der Waals surface area contributed by atoms with Crippen molar-refractivity contribution >= 4 is 11.0 Å². The molecule has 0 unspecified atom stereocenters. The highest BCUT2D eigenvalue weighted by Crippen LogP contribution is 2.18. The SMILES string of the molecule is CCc1ccc2c(C[NH2+]C3CC[NH+](Cc4ccccc4)CC3)cc(=O)oc2c1. The number of rotatable bonds is 6. The van der Waals surface area contributed by atoms with Crippen molar-refractivity contribution in [2.75, 3.05) is 13.1 Å². The van der Waals surface area contributed by atoms with Gasteiger partial charge in [0, 0.05) is 35.4 Å². The number of hydrogen-bond donors (Lipinski definition) is 2. The minimum absolute atomic E-state index is 0.244. The Hall–Kier alpha value is -2.43. The second kappa shape index (κ2) is 8.72. The van der Waals surface area contributed by atoms with Crippen LogP contribution in [0.4, 0.5) is 0 Å². The zero-order valence-electron chi connectivity index (χ0n) is 16.6. The minimum Gasteiger partial charge on any atom is -0.423 e. The largest absolute Gasteiger partial charge is 0.423 e. The first-order valence-electron chi connectivity index (χ1n) is 10.5. The van der Waals surface area contributed by atoms with Gasteiger partial charge >= 0.3 is 5.63 Å². The van der Waals surface area contributed by atoms with Gasteiger partial charge in [0.1, 0.15) is 18.7 Å². The molecule has 2 heterocycles. The molecular formula is C24H30N2O2+2. The summed E-state index contributed by atoms with van der Waals surface area (Å²) in [6.07, 6.45) is 3.39. The topological polar surface area (TPSA) is 51.3 Å². The van der Waals surface area contributed by atoms with Gasteiger partial charge in [-0.25, -0.2) is 4.79 Å². The van der Waals surface area contributed by atoms with E-state index in [1.807, 2.05) is 6.07 Å². The van der Waals surface area contributed by atoms with E-state index in [1.165, 1.54) is 37.1 Å². The molecule has 0 atom stereocenters. The molecule has 1 aliphatic rings. The minimum atomic E-state index is -0.244. The first kappa shape index (κ1) is 18.9. The maximum atomic E-state index is 12.0. The second-order valence-corrected chi connectivity index (χ2v) is 7.96. The average molecular weight is 379 g/mol. The van der Waals surface area contributed by atoms with E-state index in [0.717, 1.165) is 36.0 Å². The van der Waals surface area contributed by atoms with Crippen LogP contribution in [0.15, 0.2) is 63.8 Å². The summed E-state index contributed by atoms with van der Waals surface area (Å²) in [5, 5.41) is 3.49. The van der Waals surface area contributed by atoms with Crippen LogP contribution in [0, 0.1) is 0 Å². The van der Waals surface area contributed by atoms with Gasteiger partial charge < -0.3 is 14.6 Å². The van der Waals surface area contributed by atoms with Gasteiger partial charge in [-0.15, -0.1) is 0 Å². The molecule has 4 nitrogen and oxygen atoms in total. The van der Waals surface area contributed by atoms with E-state index in [9.17, 15) is 4.79 Å². The number of nitrogens with two attached hydrogens (primary N) is 1. The molecule has 0 spiro atoms. The molecule has 0 bridgehead atoms. The Morgan fingerprint density at radius 1 is 1.04 bits per heavy atom. The van der Waals surface area contributed by atoms with Crippen LogP contribution in [0.5, 0.6) is 0 Å². The van der Waals surface area contributed by atoms with Gasteiger partial charge in [0.25, 0.3) is 0 Å². The number of benzene rings is 2. The first-order valence-corrected chi connectivity index (χ1v) is 10.5. The van der Waals surface area contributed by atoms with Gasteiger partial charge in [0.05, 0.1) is 19.1 Å². The van der Waals surface area contributed by atoms with Crippen LogP contribution >= 0.6 is 0 Å². The smallest absolute Gasteiger partial charge is 0.336 e. The number of aryl methyl sites for hydroxylation is 1. The summed E-state index contributed by atoms with van der Waals surface area (Å²) in [5.74, 6) is 0. The van der Waals surface area contributed by atoms with E-state index in [4.69, 9.17) is 4.42 Å². The lowest BCUT2D eigenvalue weighted by atomic mass is 10.0. The quantitative estimate of drug-likeness (QED) is 0.641. The van der Waals surface area contributed by atoms with E-state index in [2.05, 4.69) is 54.7 Å². The zero-order valence-corrected chi connectivity index (χ0v) is 16.6. The van der Waals surface area contributed by atoms with Gasteiger partial charge in [0.15, 0.2) is 0 Å². The molecule has 1 aromatic heterocycles. The molecule has 1 aliphatic heterocycles. The van der Waals surface area contributed by atoms with E-state index >= 15 is 0 Å². The van der Waals surface area contributed by atoms with Crippen LogP contribution in [0.25, 0.3) is 11.0 Å². The summed E-state index contributed by atoms with van der Waals surface area (Å²) in [4.78, 5) is 13.7. The van der Waals surface area contributed by atoms with Crippen LogP contribution in [-0.4, -0.2) is 19.1 Å². The van der Waals surface area contributed by atoms with Gasteiger partial charge in [-0.05, 0) is 18.1 Å². The Balaban J connectivity index is 1.36. The number of piperidine rings is 1. The van der Waals surface area contributed by atoms with E-state index in [0.29, 0.717) is 6.04 Å². The van der Waals surface area contributed by atoms with Crippen molar-refractivity contribution in [3.05, 3.63) is 81.7 Å². The van der Waals surface area contributed by atoms with Crippen LogP contribution in [-0.2, 0) is 19.5 Å². The lowest BCUT2D eigenvalue weighted by Gasteiger charge is -2.28. The fraction of sp³-hybridized carbons (Fsp3) is 0.375. The third-order valence-electron chi connectivity index (χ3n) is 6.01. The number of likely N-dealkylation sites (tertiary alicyclic amines) is 1. The lowest BCUT2D eigenvalue weighted by Crippen LogP contribution is -3.13. The first-order chi connectivity index (χ1) is 13.7. The summed E-state index contributed by atoms with van der Waals surface area (Å²) >= 11 is 0. The van der Waals surface area contributed by atoms with Gasteiger partial charge in [-0.3, -0.25) is 0 Å². The molecular weight excluding hydrogens is 348 g/mol. The Bertz CT molecular complexity index is 973. The molecule has 4 rings (SSSR count). The van der Waals surface area contributed by atoms with Crippen molar-refractivity contribution in [1.82, 2.24) is 0 Å². The van der Waals surface area contributed by atoms with Crippen molar-refractivity contribution < 1.29 is 14.6 Å². The molecule has 0 aliphatic carbocycles. The maximum Gasteiger partial charge on any atom is 0.336 e. The standard InChI is InChI=1S/C24H28N2O2/c1-2-18-8-9-22-20(15-24(27)28-23(22)14-18)16-25-21-10-12-26(13-11-21)17-19-6-4-3-5-7-19/h3-9,14-15,21,25H,2,10-13,16-17H2,1H3/p+2. The summed E-state index contributed by atoms with van der Waals surface area (Å²) < 4.78 is 5.43. The molecule has 0 saturated carbocycles. The molecule has 1 fully saturated rings. The summed E-state index contributed by atoms with van der Waals surface area (Å²) in [7, 11) is 0. The van der Waals surface area contributed by atoms with Crippen molar-refractivity contribution in [2.24, 2.45) is 0 Å². The summed E-state index contributed by atoms with van der Waals surface area (Å²) in [6, 6.07) is 19.3. The van der Waals surface area contributed by atoms with E-state index < -0.39 is 0 Å². The van der Waals surface area contributed by atoms with E-state index in [1.54, 1.807) is 11.0 Å². The molecule has 0 amide bonds. The monoisotopic (exact) mass is 378 g/mol. The Morgan fingerprint density at radius 3 is 2.57 bits per heavy atom. The van der Waals surface area contributed by atoms with Gasteiger partial charge in [-0.1, -0.05) is 49.4 Å². The highest BCUT2D eigenvalue weighted by Gasteiger charge is 2.24. The van der Waals surface area contributed by atoms with Crippen LogP contribution in [0.2, 0.25) is 0 Å². The third kappa shape index (κ3) is 4.51. The molecule has 2 aromatic carbocycles. The highest BCUT2D eigenvalue weighted by atomic mass is 16.4. The maximum absolute atomic E-state index is 12.0. The molecule has 1 saturated heterocycles. The molecule has 3 aromatic rings. The molecule has 4 heteroatoms. The Morgan fingerprint density at radius 2 is 1.82 bits per heavy atom. The third-order valence-corrected chi connectivity index (χ3v) is 6.01. The normalized spacial score (nSPS) is 19.8. The van der Waals surface area contributed by atoms with Crippen LogP contribution in [0.1, 0.15) is 36.5 Å². The number of nitrogens with one attached hydrogen (secondary N) is 1. The summed E-state index contributed by atoms with van der Waals surface area (Å²) in [6.45, 7) is 6.51. The predicted octanol–water partition coefficient (Wildman–Crippen LogP) is 1.67. The number of hydrogen-bond acceptors (Lipinski definition) is 2. The molecule has 0 radical (unpaired) electrons. The average Bonchev–Trinajstić information content (AvgIpc) is 2.73. The van der Waals surface area contributed by atoms with Crippen LogP contribution < -0.4 is 15.8 Å². The molecule has 3 N–H and O–H groups in total. The van der Waals surface area contributed by atoms with Crippen molar-refractivity contribution in [2.45, 2.75) is 45.3 Å². The summed E-state index contributed by atoms with van der Waals surface area (Å²) in [5.41, 5.74) is 4.19. The van der Waals surface area contributed by atoms with E-state index in [-0.39, 0.29) is 5.63 Å². The molecule has 28 heavy (non-hydrogen) atoms. The molecule has 146 valence electrons. The number of quaternary nitrogens is 2. The fourth-order valence-electron chi connectivity index (χ4n) is 4.30. The predicted molar refractivity (Wildman–Crippen MR) is 111 cm³/mol. The Labute approximate surface area is 166 Å². The Kier molecular flexibility index (Phi) is 5.89. The number of fused-ring (bicyclic) bond motifs is 1. The van der Waals surface area contributed by atoms with Gasteiger partial charge in [0.2, 0.25) is 0 Å². The zero-order chi connectivity index (χ0) is 19.3. The van der Waals surface area contributed by atoms with Gasteiger partial charge in [-0.2, -0.15) is 0 Å². The van der Waals surface area contributed by atoms with Crippen molar-refractivity contribution in [1.29, 1.82) is 0 Å². The second-order valence-electron chi connectivity index (χ2n) is 7.96. The lowest BCUT2D eigenvalue weighted by molar-refractivity contribution is -0.926.